The van der Waals surface area contributed by atoms with Gasteiger partial charge in [-0.15, -0.1) is 0 Å². The van der Waals surface area contributed by atoms with Gasteiger partial charge in [0, 0.05) is 18.0 Å². The summed E-state index contributed by atoms with van der Waals surface area (Å²) in [5, 5.41) is 21.1. The second-order valence-corrected chi connectivity index (χ2v) is 5.62. The van der Waals surface area contributed by atoms with E-state index in [0.717, 1.165) is 10.8 Å². The van der Waals surface area contributed by atoms with Gasteiger partial charge in [-0.05, 0) is 18.4 Å². The molecule has 1 aliphatic heterocycles. The number of pyridine rings is 1. The van der Waals surface area contributed by atoms with Gasteiger partial charge in [-0.3, -0.25) is 0 Å². The van der Waals surface area contributed by atoms with E-state index in [-0.39, 0.29) is 12.8 Å². The van der Waals surface area contributed by atoms with Crippen molar-refractivity contribution in [2.24, 2.45) is 0 Å². The third kappa shape index (κ3) is 2.27. The normalized spacial score (nSPS) is 26.2. The summed E-state index contributed by atoms with van der Waals surface area (Å²) in [6, 6.07) is 8.14. The molecule has 2 heterocycles. The molecule has 0 amide bonds. The first kappa shape index (κ1) is 13.7. The first-order valence-corrected chi connectivity index (χ1v) is 7.07. The summed E-state index contributed by atoms with van der Waals surface area (Å²) in [6.45, 7) is 1.86. The highest BCUT2D eigenvalue weighted by atomic mass is 32.1. The van der Waals surface area contributed by atoms with Crippen LogP contribution in [0.25, 0.3) is 10.8 Å². The first-order valence-electron chi connectivity index (χ1n) is 6.66. The number of aromatic nitrogens is 1. The Hall–Kier alpha value is -1.27. The minimum atomic E-state index is -0.652. The topological polar surface area (TPSA) is 54.6 Å². The maximum atomic E-state index is 9.83. The Balaban J connectivity index is 2.03. The lowest BCUT2D eigenvalue weighted by atomic mass is 10.1. The SMILES string of the molecule is Cc1ccc2c(=S)n(C3CC(O)[C@@H](CO)O3)ccc2c1. The summed E-state index contributed by atoms with van der Waals surface area (Å²) in [6.07, 6.45) is 0.828. The highest BCUT2D eigenvalue weighted by Crippen LogP contribution is 2.30. The standard InChI is InChI=1S/C15H17NO3S/c1-9-2-3-11-10(6-9)4-5-16(15(11)20)14-7-12(18)13(8-17)19-14/h2-6,12-14,17-18H,7-8H2,1H3/t12?,13-,14?/m1/s1. The minimum Gasteiger partial charge on any atom is -0.394 e. The van der Waals surface area contributed by atoms with Crippen molar-refractivity contribution in [1.82, 2.24) is 4.57 Å². The monoisotopic (exact) mass is 291 g/mol. The molecular formula is C15H17NO3S. The summed E-state index contributed by atoms with van der Waals surface area (Å²) in [5.74, 6) is 0. The maximum Gasteiger partial charge on any atom is 0.137 e. The molecule has 2 N–H and O–H groups in total. The van der Waals surface area contributed by atoms with Crippen LogP contribution in [-0.2, 0) is 4.74 Å². The first-order chi connectivity index (χ1) is 9.60. The van der Waals surface area contributed by atoms with E-state index < -0.39 is 12.2 Å². The molecule has 2 aromatic rings. The maximum absolute atomic E-state index is 9.83. The number of nitrogens with zero attached hydrogens (tertiary/aromatic N) is 1. The van der Waals surface area contributed by atoms with Gasteiger partial charge in [0.25, 0.3) is 0 Å². The number of aliphatic hydroxyl groups excluding tert-OH is 2. The van der Waals surface area contributed by atoms with Crippen LogP contribution in [0.3, 0.4) is 0 Å². The number of rotatable bonds is 2. The van der Waals surface area contributed by atoms with Gasteiger partial charge in [0.1, 0.15) is 17.0 Å². The van der Waals surface area contributed by atoms with E-state index in [1.807, 2.05) is 35.9 Å². The summed E-state index contributed by atoms with van der Waals surface area (Å²) >= 11 is 5.53. The van der Waals surface area contributed by atoms with Crippen LogP contribution in [0.15, 0.2) is 30.5 Å². The molecule has 4 nitrogen and oxygen atoms in total. The van der Waals surface area contributed by atoms with E-state index in [1.165, 1.54) is 5.56 Å². The highest BCUT2D eigenvalue weighted by Gasteiger charge is 2.34. The van der Waals surface area contributed by atoms with Gasteiger partial charge in [-0.1, -0.05) is 36.0 Å². The molecule has 1 fully saturated rings. The van der Waals surface area contributed by atoms with Crippen LogP contribution in [-0.4, -0.2) is 33.6 Å². The Bertz CT molecular complexity index is 697. The Kier molecular flexibility index (Phi) is 3.60. The fourth-order valence-electron chi connectivity index (χ4n) is 2.66. The van der Waals surface area contributed by atoms with Gasteiger partial charge in [0.05, 0.1) is 12.7 Å². The number of aliphatic hydroxyl groups is 2. The van der Waals surface area contributed by atoms with Gasteiger partial charge in [-0.2, -0.15) is 0 Å². The van der Waals surface area contributed by atoms with Crippen molar-refractivity contribution in [3.8, 4) is 0 Å². The summed E-state index contributed by atoms with van der Waals surface area (Å²) in [4.78, 5) is 0. The molecule has 0 aliphatic carbocycles. The van der Waals surface area contributed by atoms with Crippen LogP contribution >= 0.6 is 12.2 Å². The van der Waals surface area contributed by atoms with E-state index in [9.17, 15) is 5.11 Å². The molecule has 0 saturated carbocycles. The van der Waals surface area contributed by atoms with Crippen molar-refractivity contribution in [2.75, 3.05) is 6.61 Å². The number of fused-ring (bicyclic) bond motifs is 1. The quantitative estimate of drug-likeness (QED) is 0.834. The van der Waals surface area contributed by atoms with E-state index in [0.29, 0.717) is 11.1 Å². The molecule has 2 unspecified atom stereocenters. The Morgan fingerprint density at radius 1 is 1.40 bits per heavy atom. The molecule has 20 heavy (non-hydrogen) atoms. The van der Waals surface area contributed by atoms with Crippen LogP contribution in [0.5, 0.6) is 0 Å². The number of hydrogen-bond donors (Lipinski definition) is 2. The summed E-state index contributed by atoms with van der Waals surface area (Å²) < 4.78 is 8.20. The van der Waals surface area contributed by atoms with E-state index >= 15 is 0 Å². The van der Waals surface area contributed by atoms with Gasteiger partial charge in [-0.25, -0.2) is 0 Å². The van der Waals surface area contributed by atoms with Crippen LogP contribution < -0.4 is 0 Å². The second-order valence-electron chi connectivity index (χ2n) is 5.23. The fraction of sp³-hybridized carbons (Fsp3) is 0.400. The highest BCUT2D eigenvalue weighted by molar-refractivity contribution is 7.71. The number of benzene rings is 1. The Morgan fingerprint density at radius 3 is 2.90 bits per heavy atom. The lowest BCUT2D eigenvalue weighted by Crippen LogP contribution is -2.24. The van der Waals surface area contributed by atoms with Crippen molar-refractivity contribution < 1.29 is 14.9 Å². The molecular weight excluding hydrogens is 274 g/mol. The van der Waals surface area contributed by atoms with Gasteiger partial charge >= 0.3 is 0 Å². The average molecular weight is 291 g/mol. The molecule has 0 radical (unpaired) electrons. The van der Waals surface area contributed by atoms with Crippen LogP contribution in [0.1, 0.15) is 18.2 Å². The van der Waals surface area contributed by atoms with Gasteiger partial charge < -0.3 is 19.5 Å². The smallest absolute Gasteiger partial charge is 0.137 e. The van der Waals surface area contributed by atoms with Gasteiger partial charge in [0.2, 0.25) is 0 Å². The van der Waals surface area contributed by atoms with Crippen LogP contribution in [0.2, 0.25) is 0 Å². The lowest BCUT2D eigenvalue weighted by molar-refractivity contribution is -0.0447. The molecule has 3 rings (SSSR count). The van der Waals surface area contributed by atoms with E-state index in [4.69, 9.17) is 22.1 Å². The Morgan fingerprint density at radius 2 is 2.20 bits per heavy atom. The largest absolute Gasteiger partial charge is 0.394 e. The average Bonchev–Trinajstić information content (AvgIpc) is 2.80. The zero-order valence-electron chi connectivity index (χ0n) is 11.2. The molecule has 0 spiro atoms. The van der Waals surface area contributed by atoms with Gasteiger partial charge in [0.15, 0.2) is 0 Å². The summed E-state index contributed by atoms with van der Waals surface area (Å²) in [7, 11) is 0. The van der Waals surface area contributed by atoms with Crippen molar-refractivity contribution >= 4 is 23.0 Å². The second kappa shape index (κ2) is 5.26. The predicted molar refractivity (Wildman–Crippen MR) is 79.1 cm³/mol. The predicted octanol–water partition coefficient (Wildman–Crippen LogP) is 2.32. The third-order valence-corrected chi connectivity index (χ3v) is 4.21. The fourth-order valence-corrected chi connectivity index (χ4v) is 3.02. The van der Waals surface area contributed by atoms with Crippen molar-refractivity contribution in [2.45, 2.75) is 31.8 Å². The van der Waals surface area contributed by atoms with E-state index in [2.05, 4.69) is 6.07 Å². The van der Waals surface area contributed by atoms with Crippen molar-refractivity contribution in [3.63, 3.8) is 0 Å². The minimum absolute atomic E-state index is 0.183. The molecule has 106 valence electrons. The number of hydrogen-bond acceptors (Lipinski definition) is 4. The molecule has 3 atom stereocenters. The molecule has 1 aliphatic rings. The molecule has 1 aromatic heterocycles. The lowest BCUT2D eigenvalue weighted by Gasteiger charge is -2.17. The summed E-state index contributed by atoms with van der Waals surface area (Å²) in [5.41, 5.74) is 1.19. The zero-order chi connectivity index (χ0) is 14.3. The zero-order valence-corrected chi connectivity index (χ0v) is 12.0. The molecule has 5 heteroatoms. The van der Waals surface area contributed by atoms with Crippen LogP contribution in [0.4, 0.5) is 0 Å². The van der Waals surface area contributed by atoms with Crippen molar-refractivity contribution in [3.05, 3.63) is 40.7 Å². The number of aryl methyl sites for hydroxylation is 1. The molecule has 0 bridgehead atoms. The third-order valence-electron chi connectivity index (χ3n) is 3.78. The van der Waals surface area contributed by atoms with Crippen LogP contribution in [0, 0.1) is 11.6 Å². The Labute approximate surface area is 122 Å². The van der Waals surface area contributed by atoms with Crippen molar-refractivity contribution in [1.29, 1.82) is 0 Å². The number of ether oxygens (including phenoxy) is 1. The molecule has 1 aromatic carbocycles. The van der Waals surface area contributed by atoms with E-state index in [1.54, 1.807) is 0 Å². The molecule has 1 saturated heterocycles.